The third-order valence-electron chi connectivity index (χ3n) is 6.20. The molecular weight excluding hydrogens is 428 g/mol. The number of aliphatic hydroxyl groups is 1. The normalized spacial score (nSPS) is 17.2. The number of ether oxygens (including phenoxy) is 1. The van der Waals surface area contributed by atoms with Gasteiger partial charge in [-0.25, -0.2) is 0 Å². The number of Topliss-reactive ketones (excluding diaryl/α,β-unsaturated/α-hetero) is 1. The lowest BCUT2D eigenvalue weighted by Crippen LogP contribution is -2.29. The van der Waals surface area contributed by atoms with Crippen molar-refractivity contribution in [2.45, 2.75) is 19.9 Å². The van der Waals surface area contributed by atoms with Gasteiger partial charge in [0.05, 0.1) is 18.7 Å². The maximum Gasteiger partial charge on any atom is 0.300 e. The maximum atomic E-state index is 13.3. The Morgan fingerprint density at radius 3 is 2.18 bits per heavy atom. The van der Waals surface area contributed by atoms with Gasteiger partial charge in [0.15, 0.2) is 0 Å². The number of methoxy groups -OCH3 is 1. The molecular formula is C28H28N2O4. The predicted molar refractivity (Wildman–Crippen MR) is 134 cm³/mol. The molecule has 1 fully saturated rings. The number of rotatable bonds is 5. The van der Waals surface area contributed by atoms with Gasteiger partial charge in [-0.15, -0.1) is 0 Å². The van der Waals surface area contributed by atoms with Crippen molar-refractivity contribution in [1.29, 1.82) is 0 Å². The minimum absolute atomic E-state index is 0.0686. The number of aryl methyl sites for hydroxylation is 2. The zero-order valence-electron chi connectivity index (χ0n) is 20.0. The van der Waals surface area contributed by atoms with E-state index in [4.69, 9.17) is 4.74 Å². The standard InChI is InChI=1S/C28H28N2O4/c1-17-16-23(34-5)18(2)15-22(17)26(31)24-25(19-11-13-20(14-12-19)29(3)4)30(28(33)27(24)32)21-9-7-6-8-10-21/h6-16,25,31H,1-5H3/b26-24+. The minimum Gasteiger partial charge on any atom is -0.507 e. The number of nitrogens with zero attached hydrogens (tertiary/aromatic N) is 2. The van der Waals surface area contributed by atoms with Gasteiger partial charge in [-0.05, 0) is 66.9 Å². The van der Waals surface area contributed by atoms with Crippen LogP contribution in [0.5, 0.6) is 5.75 Å². The number of amides is 1. The van der Waals surface area contributed by atoms with E-state index in [9.17, 15) is 14.7 Å². The van der Waals surface area contributed by atoms with Crippen molar-refractivity contribution in [2.24, 2.45) is 0 Å². The van der Waals surface area contributed by atoms with Crippen molar-refractivity contribution >= 4 is 28.8 Å². The lowest BCUT2D eigenvalue weighted by atomic mass is 9.93. The molecule has 3 aromatic carbocycles. The molecule has 0 saturated carbocycles. The van der Waals surface area contributed by atoms with Crippen molar-refractivity contribution in [1.82, 2.24) is 0 Å². The van der Waals surface area contributed by atoms with Gasteiger partial charge < -0.3 is 14.7 Å². The average molecular weight is 457 g/mol. The molecule has 1 heterocycles. The summed E-state index contributed by atoms with van der Waals surface area (Å²) in [6.45, 7) is 3.71. The number of ketones is 1. The summed E-state index contributed by atoms with van der Waals surface area (Å²) < 4.78 is 5.39. The third kappa shape index (κ3) is 3.92. The highest BCUT2D eigenvalue weighted by Crippen LogP contribution is 2.43. The van der Waals surface area contributed by atoms with Crippen LogP contribution in [0.4, 0.5) is 11.4 Å². The SMILES string of the molecule is COc1cc(C)c(/C(O)=C2\C(=O)C(=O)N(c3ccccc3)C2c2ccc(N(C)C)cc2)cc1C. The largest absolute Gasteiger partial charge is 0.507 e. The van der Waals surface area contributed by atoms with E-state index in [-0.39, 0.29) is 11.3 Å². The first-order valence-electron chi connectivity index (χ1n) is 11.0. The first-order valence-corrected chi connectivity index (χ1v) is 11.0. The highest BCUT2D eigenvalue weighted by molar-refractivity contribution is 6.51. The number of benzene rings is 3. The van der Waals surface area contributed by atoms with Crippen molar-refractivity contribution in [3.63, 3.8) is 0 Å². The molecule has 1 amide bonds. The first-order chi connectivity index (χ1) is 16.2. The molecule has 0 spiro atoms. The van der Waals surface area contributed by atoms with Crippen molar-refractivity contribution < 1.29 is 19.4 Å². The van der Waals surface area contributed by atoms with Crippen LogP contribution >= 0.6 is 0 Å². The fourth-order valence-corrected chi connectivity index (χ4v) is 4.37. The molecule has 6 heteroatoms. The molecule has 34 heavy (non-hydrogen) atoms. The molecule has 0 radical (unpaired) electrons. The van der Waals surface area contributed by atoms with Crippen molar-refractivity contribution in [2.75, 3.05) is 31.0 Å². The summed E-state index contributed by atoms with van der Waals surface area (Å²) in [7, 11) is 5.48. The Morgan fingerprint density at radius 2 is 1.59 bits per heavy atom. The van der Waals surface area contributed by atoms with E-state index in [1.165, 1.54) is 4.90 Å². The summed E-state index contributed by atoms with van der Waals surface area (Å²) in [5, 5.41) is 11.4. The van der Waals surface area contributed by atoms with Crippen LogP contribution in [0.2, 0.25) is 0 Å². The fourth-order valence-electron chi connectivity index (χ4n) is 4.37. The molecule has 174 valence electrons. The number of anilines is 2. The van der Waals surface area contributed by atoms with Gasteiger partial charge in [-0.2, -0.15) is 0 Å². The topological polar surface area (TPSA) is 70.1 Å². The van der Waals surface area contributed by atoms with Crippen molar-refractivity contribution in [3.8, 4) is 5.75 Å². The second-order valence-electron chi connectivity index (χ2n) is 8.63. The van der Waals surface area contributed by atoms with Gasteiger partial charge in [0.2, 0.25) is 0 Å². The van der Waals surface area contributed by atoms with E-state index < -0.39 is 17.7 Å². The van der Waals surface area contributed by atoms with Gasteiger partial charge in [-0.1, -0.05) is 30.3 Å². The number of hydrogen-bond donors (Lipinski definition) is 1. The van der Waals surface area contributed by atoms with E-state index in [1.807, 2.05) is 81.4 Å². The van der Waals surface area contributed by atoms with Crippen LogP contribution in [-0.4, -0.2) is 38.0 Å². The molecule has 0 bridgehead atoms. The Bertz CT molecular complexity index is 1280. The number of carbonyl (C=O) groups is 2. The minimum atomic E-state index is -0.763. The van der Waals surface area contributed by atoms with Gasteiger partial charge in [0.25, 0.3) is 11.7 Å². The molecule has 1 N–H and O–H groups in total. The number of hydrogen-bond acceptors (Lipinski definition) is 5. The Morgan fingerprint density at radius 1 is 0.941 bits per heavy atom. The van der Waals surface area contributed by atoms with Crippen LogP contribution in [0, 0.1) is 13.8 Å². The van der Waals surface area contributed by atoms with Crippen LogP contribution in [0.25, 0.3) is 5.76 Å². The lowest BCUT2D eigenvalue weighted by molar-refractivity contribution is -0.132. The van der Waals surface area contributed by atoms with E-state index in [0.29, 0.717) is 17.0 Å². The zero-order valence-corrected chi connectivity index (χ0v) is 20.0. The van der Waals surface area contributed by atoms with Crippen LogP contribution in [-0.2, 0) is 9.59 Å². The summed E-state index contributed by atoms with van der Waals surface area (Å²) in [6, 6.07) is 19.5. The fraction of sp³-hybridized carbons (Fsp3) is 0.214. The molecule has 4 rings (SSSR count). The Hall–Kier alpha value is -4.06. The van der Waals surface area contributed by atoms with E-state index in [0.717, 1.165) is 22.4 Å². The number of aliphatic hydroxyl groups excluding tert-OH is 1. The summed E-state index contributed by atoms with van der Waals surface area (Å²) in [5.74, 6) is -0.885. The molecule has 1 atom stereocenters. The maximum absolute atomic E-state index is 13.3. The molecule has 1 aliphatic heterocycles. The molecule has 6 nitrogen and oxygen atoms in total. The molecule has 0 aromatic heterocycles. The van der Waals surface area contributed by atoms with Gasteiger partial charge in [0.1, 0.15) is 11.5 Å². The molecule has 1 saturated heterocycles. The number of carbonyl (C=O) groups excluding carboxylic acids is 2. The Kier molecular flexibility index (Phi) is 6.16. The van der Waals surface area contributed by atoms with Crippen LogP contribution in [0.15, 0.2) is 72.3 Å². The second kappa shape index (κ2) is 9.06. The highest BCUT2D eigenvalue weighted by Gasteiger charge is 2.47. The zero-order chi connectivity index (χ0) is 24.6. The van der Waals surface area contributed by atoms with Crippen LogP contribution in [0.1, 0.15) is 28.3 Å². The van der Waals surface area contributed by atoms with Crippen LogP contribution in [0.3, 0.4) is 0 Å². The van der Waals surface area contributed by atoms with E-state index >= 15 is 0 Å². The first kappa shape index (κ1) is 23.1. The highest BCUT2D eigenvalue weighted by atomic mass is 16.5. The summed E-state index contributed by atoms with van der Waals surface area (Å²) in [4.78, 5) is 30.0. The smallest absolute Gasteiger partial charge is 0.300 e. The van der Waals surface area contributed by atoms with Gasteiger partial charge in [0, 0.05) is 31.0 Å². The van der Waals surface area contributed by atoms with Crippen LogP contribution < -0.4 is 14.5 Å². The molecule has 1 unspecified atom stereocenters. The summed E-state index contributed by atoms with van der Waals surface area (Å²) >= 11 is 0. The van der Waals surface area contributed by atoms with Gasteiger partial charge >= 0.3 is 0 Å². The summed E-state index contributed by atoms with van der Waals surface area (Å²) in [6.07, 6.45) is 0. The molecule has 1 aliphatic rings. The monoisotopic (exact) mass is 456 g/mol. The molecule has 3 aromatic rings. The van der Waals surface area contributed by atoms with Gasteiger partial charge in [-0.3, -0.25) is 14.5 Å². The predicted octanol–water partition coefficient (Wildman–Crippen LogP) is 5.00. The quantitative estimate of drug-likeness (QED) is 0.332. The average Bonchev–Trinajstić information content (AvgIpc) is 3.10. The Labute approximate surface area is 199 Å². The second-order valence-corrected chi connectivity index (χ2v) is 8.63. The van der Waals surface area contributed by atoms with Crippen molar-refractivity contribution in [3.05, 3.63) is 94.6 Å². The van der Waals surface area contributed by atoms with E-state index in [1.54, 1.807) is 25.3 Å². The lowest BCUT2D eigenvalue weighted by Gasteiger charge is -2.26. The summed E-state index contributed by atoms with van der Waals surface area (Å²) in [5.41, 5.74) is 4.44. The molecule has 0 aliphatic carbocycles. The van der Waals surface area contributed by atoms with E-state index in [2.05, 4.69) is 0 Å². The number of para-hydroxylation sites is 1. The Balaban J connectivity index is 1.95. The third-order valence-corrected chi connectivity index (χ3v) is 6.20.